The molecule has 0 radical (unpaired) electrons. The highest BCUT2D eigenvalue weighted by atomic mass is 16.3. The van der Waals surface area contributed by atoms with Gasteiger partial charge in [0.05, 0.1) is 16.6 Å². The van der Waals surface area contributed by atoms with Gasteiger partial charge in [-0.1, -0.05) is 62.7 Å². The predicted octanol–water partition coefficient (Wildman–Crippen LogP) is 4.49. The Balaban J connectivity index is 1.68. The highest BCUT2D eigenvalue weighted by Gasteiger charge is 2.48. The van der Waals surface area contributed by atoms with Gasteiger partial charge in [-0.3, -0.25) is 4.79 Å². The number of hydrogen-bond acceptors (Lipinski definition) is 3. The van der Waals surface area contributed by atoms with Crippen molar-refractivity contribution in [2.45, 2.75) is 51.2 Å². The van der Waals surface area contributed by atoms with Crippen molar-refractivity contribution in [3.8, 4) is 0 Å². The van der Waals surface area contributed by atoms with Crippen LogP contribution in [0.3, 0.4) is 0 Å². The summed E-state index contributed by atoms with van der Waals surface area (Å²) in [4.78, 5) is 23.0. The molecule has 1 fully saturated rings. The first-order chi connectivity index (χ1) is 14.1. The number of para-hydroxylation sites is 2. The second-order valence-corrected chi connectivity index (χ2v) is 8.01. The number of rotatable bonds is 5. The van der Waals surface area contributed by atoms with E-state index in [1.807, 2.05) is 59.5 Å². The highest BCUT2D eigenvalue weighted by Crippen LogP contribution is 2.44. The molecule has 2 heterocycles. The first-order valence-electron chi connectivity index (χ1n) is 10.6. The topological polar surface area (TPSA) is 69.2 Å². The van der Waals surface area contributed by atoms with E-state index in [4.69, 9.17) is 0 Å². The summed E-state index contributed by atoms with van der Waals surface area (Å²) >= 11 is 0. The first-order valence-corrected chi connectivity index (χ1v) is 10.6. The highest BCUT2D eigenvalue weighted by molar-refractivity contribution is 5.94. The van der Waals surface area contributed by atoms with Gasteiger partial charge in [0.2, 0.25) is 0 Å². The fraction of sp³-hybridized carbons (Fsp3) is 0.417. The molecule has 4 rings (SSSR count). The Morgan fingerprint density at radius 3 is 2.59 bits per heavy atom. The Labute approximate surface area is 171 Å². The fourth-order valence-corrected chi connectivity index (χ4v) is 4.95. The van der Waals surface area contributed by atoms with Crippen molar-refractivity contribution >= 4 is 16.9 Å². The SMILES string of the molecule is CCC[C@@H]1[C@H](CC)N(C(=O)c2nc3ccccc3[nH]2)CC[C@@]1(O)c1ccccc1. The van der Waals surface area contributed by atoms with E-state index in [-0.39, 0.29) is 17.9 Å². The van der Waals surface area contributed by atoms with Crippen molar-refractivity contribution in [2.75, 3.05) is 6.54 Å². The van der Waals surface area contributed by atoms with Crippen LogP contribution < -0.4 is 0 Å². The van der Waals surface area contributed by atoms with Crippen molar-refractivity contribution < 1.29 is 9.90 Å². The molecule has 0 aliphatic carbocycles. The van der Waals surface area contributed by atoms with Crippen molar-refractivity contribution in [1.29, 1.82) is 0 Å². The van der Waals surface area contributed by atoms with Crippen LogP contribution in [0, 0.1) is 5.92 Å². The van der Waals surface area contributed by atoms with Gasteiger partial charge in [-0.05, 0) is 37.0 Å². The minimum Gasteiger partial charge on any atom is -0.385 e. The molecule has 152 valence electrons. The van der Waals surface area contributed by atoms with Crippen LogP contribution in [0.2, 0.25) is 0 Å². The van der Waals surface area contributed by atoms with Crippen LogP contribution in [-0.2, 0) is 5.60 Å². The zero-order chi connectivity index (χ0) is 20.4. The molecule has 1 aliphatic heterocycles. The van der Waals surface area contributed by atoms with Gasteiger partial charge < -0.3 is 15.0 Å². The van der Waals surface area contributed by atoms with Crippen LogP contribution >= 0.6 is 0 Å². The summed E-state index contributed by atoms with van der Waals surface area (Å²) in [7, 11) is 0. The lowest BCUT2D eigenvalue weighted by molar-refractivity contribution is -0.101. The smallest absolute Gasteiger partial charge is 0.289 e. The molecule has 29 heavy (non-hydrogen) atoms. The van der Waals surface area contributed by atoms with Gasteiger partial charge in [0.25, 0.3) is 5.91 Å². The molecule has 1 saturated heterocycles. The molecule has 2 aromatic carbocycles. The number of aliphatic hydroxyl groups is 1. The van der Waals surface area contributed by atoms with E-state index in [1.165, 1.54) is 0 Å². The van der Waals surface area contributed by atoms with Gasteiger partial charge in [0, 0.05) is 18.5 Å². The van der Waals surface area contributed by atoms with Crippen molar-refractivity contribution in [3.63, 3.8) is 0 Å². The zero-order valence-corrected chi connectivity index (χ0v) is 17.1. The molecule has 1 aliphatic rings. The molecule has 1 amide bonds. The Bertz CT molecular complexity index is 951. The Morgan fingerprint density at radius 1 is 1.17 bits per heavy atom. The van der Waals surface area contributed by atoms with Gasteiger partial charge in [-0.2, -0.15) is 0 Å². The van der Waals surface area contributed by atoms with Crippen LogP contribution in [0.4, 0.5) is 0 Å². The molecule has 3 atom stereocenters. The maximum absolute atomic E-state index is 13.4. The average molecular weight is 392 g/mol. The fourth-order valence-electron chi connectivity index (χ4n) is 4.95. The van der Waals surface area contributed by atoms with Gasteiger partial charge in [-0.15, -0.1) is 0 Å². The summed E-state index contributed by atoms with van der Waals surface area (Å²) in [5.74, 6) is 0.288. The monoisotopic (exact) mass is 391 g/mol. The number of likely N-dealkylation sites (tertiary alicyclic amines) is 1. The molecule has 0 saturated carbocycles. The number of benzene rings is 2. The number of nitrogens with zero attached hydrogens (tertiary/aromatic N) is 2. The molecule has 2 N–H and O–H groups in total. The zero-order valence-electron chi connectivity index (χ0n) is 17.1. The van der Waals surface area contributed by atoms with E-state index in [2.05, 4.69) is 23.8 Å². The summed E-state index contributed by atoms with van der Waals surface area (Å²) in [5.41, 5.74) is 1.70. The number of amides is 1. The number of piperidine rings is 1. The minimum atomic E-state index is -0.914. The third kappa shape index (κ3) is 3.44. The van der Waals surface area contributed by atoms with E-state index >= 15 is 0 Å². The summed E-state index contributed by atoms with van der Waals surface area (Å²) in [6.07, 6.45) is 3.16. The largest absolute Gasteiger partial charge is 0.385 e. The molecule has 0 bridgehead atoms. The molecular weight excluding hydrogens is 362 g/mol. The van der Waals surface area contributed by atoms with Crippen molar-refractivity contribution in [2.24, 2.45) is 5.92 Å². The van der Waals surface area contributed by atoms with E-state index in [0.29, 0.717) is 18.8 Å². The number of carbonyl (C=O) groups is 1. The predicted molar refractivity (Wildman–Crippen MR) is 115 cm³/mol. The van der Waals surface area contributed by atoms with E-state index in [0.717, 1.165) is 35.9 Å². The second-order valence-electron chi connectivity index (χ2n) is 8.01. The van der Waals surface area contributed by atoms with Crippen molar-refractivity contribution in [3.05, 3.63) is 66.0 Å². The molecule has 5 heteroatoms. The lowest BCUT2D eigenvalue weighted by Crippen LogP contribution is -2.57. The number of aromatic amines is 1. The molecule has 1 aromatic heterocycles. The Morgan fingerprint density at radius 2 is 1.90 bits per heavy atom. The van der Waals surface area contributed by atoms with E-state index in [9.17, 15) is 9.90 Å². The number of H-pyrrole nitrogens is 1. The summed E-state index contributed by atoms with van der Waals surface area (Å²) in [6, 6.07) is 17.6. The van der Waals surface area contributed by atoms with Crippen LogP contribution in [0.1, 0.15) is 55.7 Å². The third-order valence-electron chi connectivity index (χ3n) is 6.36. The number of fused-ring (bicyclic) bond motifs is 1. The van der Waals surface area contributed by atoms with Gasteiger partial charge in [-0.25, -0.2) is 4.98 Å². The molecule has 0 unspecified atom stereocenters. The number of nitrogens with one attached hydrogen (secondary N) is 1. The summed E-state index contributed by atoms with van der Waals surface area (Å²) in [5, 5.41) is 11.8. The second kappa shape index (κ2) is 7.99. The lowest BCUT2D eigenvalue weighted by atomic mass is 9.69. The number of carbonyl (C=O) groups excluding carboxylic acids is 1. The number of imidazole rings is 1. The summed E-state index contributed by atoms with van der Waals surface area (Å²) < 4.78 is 0. The summed E-state index contributed by atoms with van der Waals surface area (Å²) in [6.45, 7) is 4.75. The Kier molecular flexibility index (Phi) is 5.41. The Hall–Kier alpha value is -2.66. The maximum atomic E-state index is 13.4. The van der Waals surface area contributed by atoms with Crippen LogP contribution in [0.25, 0.3) is 11.0 Å². The van der Waals surface area contributed by atoms with Gasteiger partial charge in [0.1, 0.15) is 0 Å². The standard InChI is InChI=1S/C24H29N3O2/c1-3-10-18-21(4-2)27(16-15-24(18,29)17-11-6-5-7-12-17)23(28)22-25-19-13-8-9-14-20(19)26-22/h5-9,11-14,18,21,29H,3-4,10,15-16H2,1-2H3,(H,25,26)/t18-,21+,24-/m1/s1. The normalized spacial score (nSPS) is 24.7. The quantitative estimate of drug-likeness (QED) is 0.673. The van der Waals surface area contributed by atoms with Gasteiger partial charge >= 0.3 is 0 Å². The molecule has 5 nitrogen and oxygen atoms in total. The van der Waals surface area contributed by atoms with Crippen LogP contribution in [0.5, 0.6) is 0 Å². The lowest BCUT2D eigenvalue weighted by Gasteiger charge is -2.50. The number of hydrogen-bond donors (Lipinski definition) is 2. The minimum absolute atomic E-state index is 0.0121. The molecule has 0 spiro atoms. The first kappa shape index (κ1) is 19.6. The third-order valence-corrected chi connectivity index (χ3v) is 6.36. The van der Waals surface area contributed by atoms with Crippen LogP contribution in [-0.4, -0.2) is 38.5 Å². The molecule has 3 aromatic rings. The van der Waals surface area contributed by atoms with Crippen molar-refractivity contribution in [1.82, 2.24) is 14.9 Å². The average Bonchev–Trinajstić information content (AvgIpc) is 3.19. The van der Waals surface area contributed by atoms with Crippen LogP contribution in [0.15, 0.2) is 54.6 Å². The van der Waals surface area contributed by atoms with E-state index < -0.39 is 5.60 Å². The molecular formula is C24H29N3O2. The van der Waals surface area contributed by atoms with Gasteiger partial charge in [0.15, 0.2) is 5.82 Å². The number of aromatic nitrogens is 2. The maximum Gasteiger partial charge on any atom is 0.289 e. The van der Waals surface area contributed by atoms with E-state index in [1.54, 1.807) is 0 Å².